The summed E-state index contributed by atoms with van der Waals surface area (Å²) in [6.07, 6.45) is 4.26. The van der Waals surface area contributed by atoms with E-state index >= 15 is 0 Å². The van der Waals surface area contributed by atoms with Gasteiger partial charge < -0.3 is 0 Å². The summed E-state index contributed by atoms with van der Waals surface area (Å²) in [5.74, 6) is -0.0867. The molecule has 1 aromatic carbocycles. The van der Waals surface area contributed by atoms with Gasteiger partial charge in [-0.3, -0.25) is 9.63 Å². The molecule has 0 aliphatic carbocycles. The van der Waals surface area contributed by atoms with Crippen molar-refractivity contribution in [3.05, 3.63) is 42.0 Å². The molecule has 1 aromatic rings. The third-order valence-corrected chi connectivity index (χ3v) is 2.22. The van der Waals surface area contributed by atoms with E-state index in [-0.39, 0.29) is 5.91 Å². The van der Waals surface area contributed by atoms with Gasteiger partial charge in [0.05, 0.1) is 13.2 Å². The lowest BCUT2D eigenvalue weighted by molar-refractivity contribution is -0.162. The van der Waals surface area contributed by atoms with Crippen molar-refractivity contribution in [2.75, 3.05) is 13.2 Å². The smallest absolute Gasteiger partial charge is 0.270 e. The summed E-state index contributed by atoms with van der Waals surface area (Å²) in [6, 6.07) is 9.74. The zero-order valence-corrected chi connectivity index (χ0v) is 8.43. The molecule has 3 heteroatoms. The molecule has 0 radical (unpaired) electrons. The van der Waals surface area contributed by atoms with E-state index in [0.29, 0.717) is 13.2 Å². The highest BCUT2D eigenvalue weighted by molar-refractivity contribution is 5.91. The first-order chi connectivity index (χ1) is 7.36. The molecule has 1 amide bonds. The quantitative estimate of drug-likeness (QED) is 0.687. The van der Waals surface area contributed by atoms with Gasteiger partial charge in [0.1, 0.15) is 0 Å². The molecule has 0 bridgehead atoms. The number of carbonyl (C=O) groups excluding carboxylic acids is 1. The van der Waals surface area contributed by atoms with E-state index in [1.54, 1.807) is 12.2 Å². The molecule has 1 heterocycles. The topological polar surface area (TPSA) is 29.5 Å². The van der Waals surface area contributed by atoms with Crippen LogP contribution in [0.2, 0.25) is 0 Å². The second-order valence-electron chi connectivity index (χ2n) is 3.37. The first-order valence-electron chi connectivity index (χ1n) is 5.04. The molecule has 3 nitrogen and oxygen atoms in total. The number of nitrogens with zero attached hydrogens (tertiary/aromatic N) is 1. The van der Waals surface area contributed by atoms with Crippen molar-refractivity contribution >= 4 is 12.0 Å². The standard InChI is InChI=1S/C12H13NO2/c14-12(13-9-4-10-15-13)8-7-11-5-2-1-3-6-11/h1-3,5-8H,4,9-10H2. The summed E-state index contributed by atoms with van der Waals surface area (Å²) in [6.45, 7) is 1.34. The first-order valence-corrected chi connectivity index (χ1v) is 5.04. The van der Waals surface area contributed by atoms with Crippen LogP contribution in [0.25, 0.3) is 6.08 Å². The minimum Gasteiger partial charge on any atom is -0.271 e. The third-order valence-electron chi connectivity index (χ3n) is 2.22. The maximum Gasteiger partial charge on any atom is 0.270 e. The Kier molecular flexibility index (Phi) is 3.15. The van der Waals surface area contributed by atoms with Gasteiger partial charge in [-0.1, -0.05) is 30.3 Å². The lowest BCUT2D eigenvalue weighted by Crippen LogP contribution is -2.24. The van der Waals surface area contributed by atoms with Crippen molar-refractivity contribution in [1.82, 2.24) is 5.06 Å². The average molecular weight is 203 g/mol. The molecule has 1 saturated heterocycles. The van der Waals surface area contributed by atoms with Crippen LogP contribution in [0.15, 0.2) is 36.4 Å². The summed E-state index contributed by atoms with van der Waals surface area (Å²) < 4.78 is 0. The molecule has 0 spiro atoms. The van der Waals surface area contributed by atoms with Gasteiger partial charge in [-0.05, 0) is 18.1 Å². The molecule has 0 unspecified atom stereocenters. The second kappa shape index (κ2) is 4.75. The van der Waals surface area contributed by atoms with Crippen molar-refractivity contribution in [1.29, 1.82) is 0 Å². The van der Waals surface area contributed by atoms with Crippen LogP contribution in [0.3, 0.4) is 0 Å². The minimum atomic E-state index is -0.0867. The van der Waals surface area contributed by atoms with Crippen LogP contribution >= 0.6 is 0 Å². The Bertz CT molecular complexity index is 353. The van der Waals surface area contributed by atoms with Crippen LogP contribution < -0.4 is 0 Å². The van der Waals surface area contributed by atoms with Crippen molar-refractivity contribution < 1.29 is 9.63 Å². The predicted octanol–water partition coefficient (Wildman–Crippen LogP) is 1.86. The number of carbonyl (C=O) groups is 1. The van der Waals surface area contributed by atoms with Crippen LogP contribution in [0.5, 0.6) is 0 Å². The van der Waals surface area contributed by atoms with Crippen LogP contribution in [-0.2, 0) is 9.63 Å². The molecule has 0 atom stereocenters. The molecular weight excluding hydrogens is 190 g/mol. The molecular formula is C12H13NO2. The minimum absolute atomic E-state index is 0.0867. The molecule has 0 aromatic heterocycles. The number of amides is 1. The fraction of sp³-hybridized carbons (Fsp3) is 0.250. The van der Waals surface area contributed by atoms with Crippen molar-refractivity contribution in [3.8, 4) is 0 Å². The van der Waals surface area contributed by atoms with E-state index in [9.17, 15) is 4.79 Å². The lowest BCUT2D eigenvalue weighted by Gasteiger charge is -2.10. The lowest BCUT2D eigenvalue weighted by atomic mass is 10.2. The monoisotopic (exact) mass is 203 g/mol. The molecule has 1 fully saturated rings. The molecule has 1 aliphatic rings. The Morgan fingerprint density at radius 3 is 2.80 bits per heavy atom. The van der Waals surface area contributed by atoms with Crippen molar-refractivity contribution in [2.45, 2.75) is 6.42 Å². The maximum atomic E-state index is 11.5. The number of benzene rings is 1. The zero-order chi connectivity index (χ0) is 10.5. The first kappa shape index (κ1) is 9.93. The van der Waals surface area contributed by atoms with Gasteiger partial charge in [0.25, 0.3) is 5.91 Å². The van der Waals surface area contributed by atoms with Crippen LogP contribution in [0, 0.1) is 0 Å². The maximum absolute atomic E-state index is 11.5. The third kappa shape index (κ3) is 2.67. The van der Waals surface area contributed by atoms with E-state index in [1.807, 2.05) is 30.3 Å². The predicted molar refractivity (Wildman–Crippen MR) is 57.8 cm³/mol. The van der Waals surface area contributed by atoms with Crippen molar-refractivity contribution in [3.63, 3.8) is 0 Å². The Hall–Kier alpha value is -1.61. The molecule has 0 saturated carbocycles. The molecule has 2 rings (SSSR count). The number of hydroxylamine groups is 2. The Balaban J connectivity index is 1.96. The van der Waals surface area contributed by atoms with Gasteiger partial charge in [0, 0.05) is 6.08 Å². The fourth-order valence-corrected chi connectivity index (χ4v) is 1.44. The van der Waals surface area contributed by atoms with Crippen LogP contribution in [0.4, 0.5) is 0 Å². The van der Waals surface area contributed by atoms with Crippen LogP contribution in [-0.4, -0.2) is 24.1 Å². The molecule has 78 valence electrons. The van der Waals surface area contributed by atoms with E-state index in [2.05, 4.69) is 0 Å². The highest BCUT2D eigenvalue weighted by Crippen LogP contribution is 2.07. The van der Waals surface area contributed by atoms with Gasteiger partial charge in [-0.15, -0.1) is 0 Å². The summed E-state index contributed by atoms with van der Waals surface area (Å²) in [4.78, 5) is 16.7. The number of hydrogen-bond acceptors (Lipinski definition) is 2. The van der Waals surface area contributed by atoms with Gasteiger partial charge in [0.15, 0.2) is 0 Å². The van der Waals surface area contributed by atoms with E-state index in [4.69, 9.17) is 4.84 Å². The van der Waals surface area contributed by atoms with Gasteiger partial charge in [-0.25, -0.2) is 5.06 Å². The van der Waals surface area contributed by atoms with Crippen LogP contribution in [0.1, 0.15) is 12.0 Å². The summed E-state index contributed by atoms with van der Waals surface area (Å²) in [5, 5.41) is 1.40. The summed E-state index contributed by atoms with van der Waals surface area (Å²) >= 11 is 0. The second-order valence-corrected chi connectivity index (χ2v) is 3.37. The van der Waals surface area contributed by atoms with Gasteiger partial charge in [-0.2, -0.15) is 0 Å². The Labute approximate surface area is 88.9 Å². The SMILES string of the molecule is O=C(C=Cc1ccccc1)N1CCCO1. The van der Waals surface area contributed by atoms with E-state index in [1.165, 1.54) is 5.06 Å². The largest absolute Gasteiger partial charge is 0.271 e. The van der Waals surface area contributed by atoms with E-state index in [0.717, 1.165) is 12.0 Å². The number of hydrogen-bond donors (Lipinski definition) is 0. The average Bonchev–Trinajstić information content (AvgIpc) is 2.81. The fourth-order valence-electron chi connectivity index (χ4n) is 1.44. The van der Waals surface area contributed by atoms with E-state index < -0.39 is 0 Å². The molecule has 0 N–H and O–H groups in total. The van der Waals surface area contributed by atoms with Gasteiger partial charge >= 0.3 is 0 Å². The highest BCUT2D eigenvalue weighted by Gasteiger charge is 2.16. The normalized spacial score (nSPS) is 16.1. The number of rotatable bonds is 2. The van der Waals surface area contributed by atoms with Gasteiger partial charge in [0.2, 0.25) is 0 Å². The summed E-state index contributed by atoms with van der Waals surface area (Å²) in [5.41, 5.74) is 1.02. The Morgan fingerprint density at radius 2 is 2.13 bits per heavy atom. The Morgan fingerprint density at radius 1 is 1.33 bits per heavy atom. The van der Waals surface area contributed by atoms with Crippen molar-refractivity contribution in [2.24, 2.45) is 0 Å². The summed E-state index contributed by atoms with van der Waals surface area (Å²) in [7, 11) is 0. The highest BCUT2D eigenvalue weighted by atomic mass is 16.7. The molecule has 15 heavy (non-hydrogen) atoms. The zero-order valence-electron chi connectivity index (χ0n) is 8.43. The molecule has 1 aliphatic heterocycles.